The number of carbonyl (C=O) groups excluding carboxylic acids is 1. The second-order valence-electron chi connectivity index (χ2n) is 9.35. The number of aromatic nitrogens is 2. The Morgan fingerprint density at radius 1 is 1.29 bits per heavy atom. The first-order valence-corrected chi connectivity index (χ1v) is 12.0. The lowest BCUT2D eigenvalue weighted by molar-refractivity contribution is 0.0248. The molecule has 180 valence electrons. The molecule has 0 aliphatic carbocycles. The fourth-order valence-electron chi connectivity index (χ4n) is 5.18. The second-order valence-corrected chi connectivity index (χ2v) is 9.35. The van der Waals surface area contributed by atoms with Crippen molar-refractivity contribution in [3.8, 4) is 6.07 Å². The minimum atomic E-state index is -0.117. The van der Waals surface area contributed by atoms with E-state index in [4.69, 9.17) is 20.5 Å². The molecule has 2 aliphatic rings. The Kier molecular flexibility index (Phi) is 6.37. The minimum absolute atomic E-state index is 0.00171. The normalized spacial score (nSPS) is 18.7. The number of carbonyl (C=O) groups is 1. The number of nitrogens with two attached hydrogens (primary N) is 1. The number of ether oxygens (including phenoxy) is 2. The molecule has 1 aromatic carbocycles. The summed E-state index contributed by atoms with van der Waals surface area (Å²) in [5.41, 5.74) is 10.7. The fraction of sp³-hybridized carbons (Fsp3) is 0.407. The lowest BCUT2D eigenvalue weighted by Crippen LogP contribution is -2.44. The molecule has 35 heavy (non-hydrogen) atoms. The zero-order valence-electron chi connectivity index (χ0n) is 20.0. The Labute approximate surface area is 204 Å². The van der Waals surface area contributed by atoms with E-state index in [2.05, 4.69) is 23.0 Å². The third-order valence-electron chi connectivity index (χ3n) is 7.28. The molecule has 2 N–H and O–H groups in total. The zero-order chi connectivity index (χ0) is 24.5. The number of nitriles is 1. The van der Waals surface area contributed by atoms with E-state index in [1.807, 2.05) is 36.1 Å². The van der Waals surface area contributed by atoms with E-state index in [-0.39, 0.29) is 18.1 Å². The largest absolute Gasteiger partial charge is 0.383 e. The van der Waals surface area contributed by atoms with Crippen LogP contribution in [-0.2, 0) is 22.6 Å². The molecule has 2 aliphatic heterocycles. The van der Waals surface area contributed by atoms with Crippen LogP contribution >= 0.6 is 0 Å². The molecule has 1 fully saturated rings. The van der Waals surface area contributed by atoms with E-state index in [0.717, 1.165) is 40.6 Å². The Morgan fingerprint density at radius 2 is 2.09 bits per heavy atom. The molecule has 1 amide bonds. The summed E-state index contributed by atoms with van der Waals surface area (Å²) in [4.78, 5) is 24.9. The van der Waals surface area contributed by atoms with Gasteiger partial charge in [0.2, 0.25) is 0 Å². The quantitative estimate of drug-likeness (QED) is 0.595. The monoisotopic (exact) mass is 471 g/mol. The maximum absolute atomic E-state index is 14.0. The van der Waals surface area contributed by atoms with Crippen molar-refractivity contribution in [3.05, 3.63) is 64.5 Å². The molecule has 4 heterocycles. The van der Waals surface area contributed by atoms with Crippen LogP contribution < -0.4 is 5.73 Å². The van der Waals surface area contributed by atoms with Crippen LogP contribution in [0.25, 0.3) is 10.9 Å². The van der Waals surface area contributed by atoms with Crippen molar-refractivity contribution in [1.82, 2.24) is 14.9 Å². The summed E-state index contributed by atoms with van der Waals surface area (Å²) in [7, 11) is 0. The average molecular weight is 472 g/mol. The summed E-state index contributed by atoms with van der Waals surface area (Å²) in [6, 6.07) is 11.2. The van der Waals surface area contributed by atoms with Crippen LogP contribution in [0.5, 0.6) is 0 Å². The van der Waals surface area contributed by atoms with E-state index in [1.54, 1.807) is 12.3 Å². The number of hydrogen-bond acceptors (Lipinski definition) is 7. The molecule has 2 atom stereocenters. The summed E-state index contributed by atoms with van der Waals surface area (Å²) in [6.45, 7) is 6.30. The molecule has 8 nitrogen and oxygen atoms in total. The molecule has 5 rings (SSSR count). The van der Waals surface area contributed by atoms with E-state index in [0.29, 0.717) is 49.2 Å². The molecule has 0 radical (unpaired) electrons. The summed E-state index contributed by atoms with van der Waals surface area (Å²) in [6.07, 6.45) is 3.26. The third-order valence-corrected chi connectivity index (χ3v) is 7.28. The third kappa shape index (κ3) is 4.45. The Bertz CT molecular complexity index is 1290. The maximum atomic E-state index is 14.0. The fourth-order valence-corrected chi connectivity index (χ4v) is 5.18. The molecule has 3 aromatic rings. The maximum Gasteiger partial charge on any atom is 0.254 e. The van der Waals surface area contributed by atoms with Crippen LogP contribution in [0.15, 0.2) is 36.5 Å². The Hall–Kier alpha value is -3.54. The zero-order valence-corrected chi connectivity index (χ0v) is 20.0. The number of nitrogen functional groups attached to an aromatic ring is 1. The predicted octanol–water partition coefficient (Wildman–Crippen LogP) is 4.13. The number of hydrogen-bond donors (Lipinski definition) is 1. The summed E-state index contributed by atoms with van der Waals surface area (Å²) in [5.74, 6) is 0.763. The summed E-state index contributed by atoms with van der Waals surface area (Å²) < 4.78 is 11.4. The van der Waals surface area contributed by atoms with Gasteiger partial charge in [0.05, 0.1) is 36.0 Å². The van der Waals surface area contributed by atoms with Gasteiger partial charge >= 0.3 is 0 Å². The number of benzene rings is 1. The highest BCUT2D eigenvalue weighted by Crippen LogP contribution is 2.38. The van der Waals surface area contributed by atoms with Crippen LogP contribution in [0.2, 0.25) is 0 Å². The lowest BCUT2D eigenvalue weighted by atomic mass is 9.91. The number of rotatable bonds is 5. The van der Waals surface area contributed by atoms with Gasteiger partial charge in [0, 0.05) is 42.0 Å². The first kappa shape index (κ1) is 23.2. The first-order chi connectivity index (χ1) is 17.0. The molecule has 0 spiro atoms. The van der Waals surface area contributed by atoms with Gasteiger partial charge in [-0.15, -0.1) is 0 Å². The Morgan fingerprint density at radius 3 is 2.80 bits per heavy atom. The number of nitrogens with zero attached hydrogens (tertiary/aromatic N) is 4. The smallest absolute Gasteiger partial charge is 0.254 e. The van der Waals surface area contributed by atoms with E-state index >= 15 is 0 Å². The number of fused-ring (bicyclic) bond motifs is 3. The van der Waals surface area contributed by atoms with Crippen LogP contribution in [0.3, 0.4) is 0 Å². The second kappa shape index (κ2) is 9.61. The van der Waals surface area contributed by atoms with Crippen molar-refractivity contribution < 1.29 is 14.3 Å². The van der Waals surface area contributed by atoms with Crippen molar-refractivity contribution in [3.63, 3.8) is 0 Å². The molecular formula is C27H29N5O3. The molecule has 0 bridgehead atoms. The highest BCUT2D eigenvalue weighted by Gasteiger charge is 2.31. The van der Waals surface area contributed by atoms with Gasteiger partial charge in [-0.05, 0) is 68.5 Å². The summed E-state index contributed by atoms with van der Waals surface area (Å²) >= 11 is 0. The van der Waals surface area contributed by atoms with Crippen molar-refractivity contribution in [2.24, 2.45) is 5.92 Å². The van der Waals surface area contributed by atoms with Gasteiger partial charge in [-0.1, -0.05) is 0 Å². The van der Waals surface area contributed by atoms with Gasteiger partial charge < -0.3 is 20.1 Å². The molecule has 2 aromatic heterocycles. The van der Waals surface area contributed by atoms with Crippen molar-refractivity contribution >= 4 is 22.6 Å². The van der Waals surface area contributed by atoms with Crippen LogP contribution in [0, 0.1) is 17.2 Å². The van der Waals surface area contributed by atoms with E-state index < -0.39 is 0 Å². The van der Waals surface area contributed by atoms with Gasteiger partial charge in [0.1, 0.15) is 11.9 Å². The predicted molar refractivity (Wildman–Crippen MR) is 131 cm³/mol. The average Bonchev–Trinajstić information content (AvgIpc) is 3.29. The highest BCUT2D eigenvalue weighted by atomic mass is 16.5. The summed E-state index contributed by atoms with van der Waals surface area (Å²) in [5, 5.41) is 10.0. The number of amides is 1. The minimum Gasteiger partial charge on any atom is -0.383 e. The van der Waals surface area contributed by atoms with Crippen molar-refractivity contribution in [1.29, 1.82) is 5.26 Å². The van der Waals surface area contributed by atoms with Gasteiger partial charge in [-0.2, -0.15) is 5.26 Å². The topological polar surface area (TPSA) is 114 Å². The van der Waals surface area contributed by atoms with Gasteiger partial charge in [-0.3, -0.25) is 9.78 Å². The first-order valence-electron chi connectivity index (χ1n) is 12.0. The molecule has 0 unspecified atom stereocenters. The molecular weight excluding hydrogens is 442 g/mol. The Balaban J connectivity index is 1.51. The van der Waals surface area contributed by atoms with Crippen molar-refractivity contribution in [2.75, 3.05) is 18.9 Å². The van der Waals surface area contributed by atoms with Gasteiger partial charge in [0.15, 0.2) is 0 Å². The number of pyridine rings is 2. The van der Waals surface area contributed by atoms with E-state index in [1.165, 1.54) is 0 Å². The van der Waals surface area contributed by atoms with Gasteiger partial charge in [0.25, 0.3) is 5.91 Å². The highest BCUT2D eigenvalue weighted by molar-refractivity contribution is 5.99. The lowest BCUT2D eigenvalue weighted by Gasteiger charge is -2.36. The SMILES string of the molecule is C[C@@H]1OCc2c1c(N)nc1ccc(C(=O)N(Cc3ccc(C#N)cn3)[C@@H](C)C3CCOCC3)cc21. The molecule has 0 saturated carbocycles. The molecule has 1 saturated heterocycles. The number of anilines is 1. The standard InChI is InChI=1S/C27H29N5O3/c1-16(19-7-9-34-10-8-19)32(14-21-5-3-18(12-28)13-30-21)27(33)20-4-6-24-22(11-20)23-15-35-17(2)25(23)26(29)31-24/h3-6,11,13,16-17,19H,7-10,14-15H2,1-2H3,(H2,29,31)/t16-,17-/m0/s1. The van der Waals surface area contributed by atoms with Crippen molar-refractivity contribution in [2.45, 2.75) is 52.0 Å². The van der Waals surface area contributed by atoms with Gasteiger partial charge in [-0.25, -0.2) is 4.98 Å². The van der Waals surface area contributed by atoms with Crippen LogP contribution in [0.4, 0.5) is 5.82 Å². The van der Waals surface area contributed by atoms with Crippen LogP contribution in [-0.4, -0.2) is 40.0 Å². The molecule has 8 heteroatoms. The van der Waals surface area contributed by atoms with Crippen LogP contribution in [0.1, 0.15) is 65.5 Å². The van der Waals surface area contributed by atoms with E-state index in [9.17, 15) is 4.79 Å².